The fourth-order valence-corrected chi connectivity index (χ4v) is 3.95. The molecule has 1 aliphatic heterocycles. The molecule has 1 unspecified atom stereocenters. The minimum absolute atomic E-state index is 0.0289. The lowest BCUT2D eigenvalue weighted by molar-refractivity contribution is 0.0541. The van der Waals surface area contributed by atoms with E-state index < -0.39 is 0 Å². The van der Waals surface area contributed by atoms with Crippen LogP contribution in [0, 0.1) is 0 Å². The molecule has 0 aliphatic carbocycles. The molecule has 1 aromatic heterocycles. The number of hydrogen-bond acceptors (Lipinski definition) is 2. The molecule has 0 saturated heterocycles. The number of para-hydroxylation sites is 1. The molecule has 1 amide bonds. The summed E-state index contributed by atoms with van der Waals surface area (Å²) in [7, 11) is 0. The van der Waals surface area contributed by atoms with Crippen LogP contribution in [-0.4, -0.2) is 33.5 Å². The minimum atomic E-state index is -0.202. The summed E-state index contributed by atoms with van der Waals surface area (Å²) in [5.41, 5.74) is 5.30. The third kappa shape index (κ3) is 3.15. The summed E-state index contributed by atoms with van der Waals surface area (Å²) < 4.78 is 0. The Morgan fingerprint density at radius 2 is 1.85 bits per heavy atom. The summed E-state index contributed by atoms with van der Waals surface area (Å²) in [5.74, 6) is -0.0289. The van der Waals surface area contributed by atoms with Gasteiger partial charge in [0.05, 0.1) is 19.2 Å². The second kappa shape index (κ2) is 6.54. The van der Waals surface area contributed by atoms with Crippen LogP contribution in [0.5, 0.6) is 0 Å². The van der Waals surface area contributed by atoms with Gasteiger partial charge in [-0.3, -0.25) is 4.79 Å². The molecule has 2 heterocycles. The van der Waals surface area contributed by atoms with Crippen LogP contribution in [0.2, 0.25) is 0 Å². The van der Waals surface area contributed by atoms with E-state index in [0.29, 0.717) is 18.5 Å². The topological polar surface area (TPSA) is 56.3 Å². The molecule has 4 heteroatoms. The molecule has 4 nitrogen and oxygen atoms in total. The van der Waals surface area contributed by atoms with Crippen molar-refractivity contribution in [1.82, 2.24) is 9.88 Å². The zero-order valence-corrected chi connectivity index (χ0v) is 16.1. The van der Waals surface area contributed by atoms with Crippen LogP contribution in [0.15, 0.2) is 48.5 Å². The van der Waals surface area contributed by atoms with E-state index in [-0.39, 0.29) is 24.0 Å². The van der Waals surface area contributed by atoms with Crippen LogP contribution in [0.3, 0.4) is 0 Å². The largest absolute Gasteiger partial charge is 0.394 e. The average molecular weight is 362 g/mol. The highest BCUT2D eigenvalue weighted by Crippen LogP contribution is 2.31. The normalized spacial score (nSPS) is 17.2. The van der Waals surface area contributed by atoms with Gasteiger partial charge >= 0.3 is 0 Å². The van der Waals surface area contributed by atoms with Gasteiger partial charge < -0.3 is 15.0 Å². The molecule has 0 saturated carbocycles. The van der Waals surface area contributed by atoms with Crippen LogP contribution < -0.4 is 0 Å². The zero-order valence-electron chi connectivity index (χ0n) is 16.1. The van der Waals surface area contributed by atoms with Crippen LogP contribution in [0.25, 0.3) is 10.9 Å². The lowest BCUT2D eigenvalue weighted by Crippen LogP contribution is -2.46. The number of benzene rings is 2. The molecular weight excluding hydrogens is 336 g/mol. The number of aromatic amines is 1. The van der Waals surface area contributed by atoms with Crippen molar-refractivity contribution < 1.29 is 9.90 Å². The molecule has 2 aromatic carbocycles. The van der Waals surface area contributed by atoms with Gasteiger partial charge in [-0.05, 0) is 41.2 Å². The number of H-pyrrole nitrogens is 1. The Balaban J connectivity index is 1.65. The zero-order chi connectivity index (χ0) is 19.2. The second-order valence-corrected chi connectivity index (χ2v) is 8.43. The molecule has 0 fully saturated rings. The van der Waals surface area contributed by atoms with E-state index in [0.717, 1.165) is 11.2 Å². The van der Waals surface area contributed by atoms with Gasteiger partial charge in [-0.25, -0.2) is 0 Å². The maximum Gasteiger partial charge on any atom is 0.254 e. The van der Waals surface area contributed by atoms with Crippen LogP contribution in [-0.2, 0) is 18.4 Å². The maximum atomic E-state index is 13.2. The molecule has 0 radical (unpaired) electrons. The molecule has 2 N–H and O–H groups in total. The lowest BCUT2D eigenvalue weighted by atomic mass is 9.86. The van der Waals surface area contributed by atoms with E-state index in [9.17, 15) is 9.90 Å². The van der Waals surface area contributed by atoms with Crippen molar-refractivity contribution in [2.75, 3.05) is 6.61 Å². The van der Waals surface area contributed by atoms with Gasteiger partial charge in [-0.2, -0.15) is 0 Å². The van der Waals surface area contributed by atoms with E-state index in [1.807, 2.05) is 36.4 Å². The predicted octanol–water partition coefficient (Wildman–Crippen LogP) is 4.02. The standard InChI is InChI=1S/C23H26N2O2/c1-23(2,3)16-10-8-15(9-11-16)22(27)25-13-21-19(12-17(25)14-26)18-6-4-5-7-20(18)24-21/h4-11,17,24,26H,12-14H2,1-3H3. The molecule has 27 heavy (non-hydrogen) atoms. The van der Waals surface area contributed by atoms with Gasteiger partial charge in [0, 0.05) is 22.2 Å². The van der Waals surface area contributed by atoms with Gasteiger partial charge in [0.1, 0.15) is 0 Å². The number of aromatic nitrogens is 1. The first-order chi connectivity index (χ1) is 12.9. The number of carbonyl (C=O) groups excluding carboxylic acids is 1. The summed E-state index contributed by atoms with van der Waals surface area (Å²) in [6.45, 7) is 6.94. The highest BCUT2D eigenvalue weighted by atomic mass is 16.3. The first kappa shape index (κ1) is 17.8. The van der Waals surface area contributed by atoms with Crippen molar-refractivity contribution in [3.8, 4) is 0 Å². The quantitative estimate of drug-likeness (QED) is 0.723. The van der Waals surface area contributed by atoms with Gasteiger partial charge in [-0.15, -0.1) is 0 Å². The third-order valence-electron chi connectivity index (χ3n) is 5.58. The van der Waals surface area contributed by atoms with E-state index in [1.165, 1.54) is 16.5 Å². The number of rotatable bonds is 2. The summed E-state index contributed by atoms with van der Waals surface area (Å²) in [4.78, 5) is 18.4. The Hall–Kier alpha value is -2.59. The Labute approximate surface area is 159 Å². The second-order valence-electron chi connectivity index (χ2n) is 8.43. The van der Waals surface area contributed by atoms with Crippen molar-refractivity contribution in [3.63, 3.8) is 0 Å². The molecule has 0 spiro atoms. The van der Waals surface area contributed by atoms with E-state index in [4.69, 9.17) is 0 Å². The molecule has 1 aliphatic rings. The molecule has 4 rings (SSSR count). The van der Waals surface area contributed by atoms with Crippen molar-refractivity contribution in [1.29, 1.82) is 0 Å². The van der Waals surface area contributed by atoms with Crippen LogP contribution in [0.1, 0.15) is 48.0 Å². The number of aliphatic hydroxyl groups is 1. The number of nitrogens with one attached hydrogen (secondary N) is 1. The summed E-state index contributed by atoms with van der Waals surface area (Å²) in [6, 6.07) is 15.8. The molecule has 1 atom stereocenters. The first-order valence-corrected chi connectivity index (χ1v) is 9.49. The van der Waals surface area contributed by atoms with E-state index >= 15 is 0 Å². The van der Waals surface area contributed by atoms with Crippen molar-refractivity contribution >= 4 is 16.8 Å². The Bertz CT molecular complexity index is 980. The Kier molecular flexibility index (Phi) is 4.31. The first-order valence-electron chi connectivity index (χ1n) is 9.49. The van der Waals surface area contributed by atoms with Gasteiger partial charge in [-0.1, -0.05) is 51.1 Å². The number of fused-ring (bicyclic) bond motifs is 3. The molecule has 0 bridgehead atoms. The monoisotopic (exact) mass is 362 g/mol. The van der Waals surface area contributed by atoms with Crippen molar-refractivity contribution in [2.45, 2.75) is 45.2 Å². The summed E-state index contributed by atoms with van der Waals surface area (Å²) in [5, 5.41) is 11.1. The summed E-state index contributed by atoms with van der Waals surface area (Å²) >= 11 is 0. The smallest absolute Gasteiger partial charge is 0.254 e. The fraction of sp³-hybridized carbons (Fsp3) is 0.348. The van der Waals surface area contributed by atoms with Crippen molar-refractivity contribution in [2.24, 2.45) is 0 Å². The lowest BCUT2D eigenvalue weighted by Gasteiger charge is -2.35. The molecule has 140 valence electrons. The predicted molar refractivity (Wildman–Crippen MR) is 108 cm³/mol. The van der Waals surface area contributed by atoms with Gasteiger partial charge in [0.25, 0.3) is 5.91 Å². The number of aliphatic hydroxyl groups excluding tert-OH is 1. The van der Waals surface area contributed by atoms with Gasteiger partial charge in [0.15, 0.2) is 0 Å². The Morgan fingerprint density at radius 1 is 1.15 bits per heavy atom. The SMILES string of the molecule is CC(C)(C)c1ccc(C(=O)N2Cc3[nH]c4ccccc4c3CC2CO)cc1. The Morgan fingerprint density at radius 3 is 2.52 bits per heavy atom. The minimum Gasteiger partial charge on any atom is -0.394 e. The number of carbonyl (C=O) groups is 1. The van der Waals surface area contributed by atoms with Crippen molar-refractivity contribution in [3.05, 3.63) is 70.9 Å². The number of hydrogen-bond donors (Lipinski definition) is 2. The van der Waals surface area contributed by atoms with E-state index in [1.54, 1.807) is 4.90 Å². The van der Waals surface area contributed by atoms with Crippen LogP contribution >= 0.6 is 0 Å². The summed E-state index contributed by atoms with van der Waals surface area (Å²) in [6.07, 6.45) is 0.668. The average Bonchev–Trinajstić information content (AvgIpc) is 3.03. The number of amides is 1. The number of nitrogens with zero attached hydrogens (tertiary/aromatic N) is 1. The highest BCUT2D eigenvalue weighted by Gasteiger charge is 2.32. The molecule has 3 aromatic rings. The third-order valence-corrected chi connectivity index (χ3v) is 5.58. The maximum absolute atomic E-state index is 13.2. The van der Waals surface area contributed by atoms with E-state index in [2.05, 4.69) is 37.9 Å². The van der Waals surface area contributed by atoms with Gasteiger partial charge in [0.2, 0.25) is 0 Å². The fourth-order valence-electron chi connectivity index (χ4n) is 3.95. The highest BCUT2D eigenvalue weighted by molar-refractivity contribution is 5.95. The van der Waals surface area contributed by atoms with Crippen LogP contribution in [0.4, 0.5) is 0 Å². The molecular formula is C23H26N2O2.